The van der Waals surface area contributed by atoms with Crippen molar-refractivity contribution in [1.29, 1.82) is 0 Å². The lowest BCUT2D eigenvalue weighted by Gasteiger charge is -2.40. The zero-order valence-electron chi connectivity index (χ0n) is 21.7. The average molecular weight is 525 g/mol. The summed E-state index contributed by atoms with van der Waals surface area (Å²) in [5, 5.41) is 7.00. The normalized spacial score (nSPS) is 24.7. The summed E-state index contributed by atoms with van der Waals surface area (Å²) in [7, 11) is 2.10. The van der Waals surface area contributed by atoms with Crippen LogP contribution in [-0.4, -0.2) is 45.8 Å². The fraction of sp³-hybridized carbons (Fsp3) is 0.448. The van der Waals surface area contributed by atoms with Gasteiger partial charge in [-0.1, -0.05) is 24.6 Å². The van der Waals surface area contributed by atoms with E-state index in [0.29, 0.717) is 53.3 Å². The van der Waals surface area contributed by atoms with E-state index < -0.39 is 17.3 Å². The van der Waals surface area contributed by atoms with Crippen molar-refractivity contribution in [3.8, 4) is 22.7 Å². The Morgan fingerprint density at radius 1 is 1.05 bits per heavy atom. The van der Waals surface area contributed by atoms with Crippen molar-refractivity contribution in [2.75, 3.05) is 12.4 Å². The van der Waals surface area contributed by atoms with E-state index >= 15 is 0 Å². The van der Waals surface area contributed by atoms with Gasteiger partial charge in [0.2, 0.25) is 5.91 Å². The highest BCUT2D eigenvalue weighted by atomic mass is 19.4. The van der Waals surface area contributed by atoms with E-state index in [9.17, 15) is 18.0 Å². The van der Waals surface area contributed by atoms with Crippen LogP contribution in [0.5, 0.6) is 5.75 Å². The van der Waals surface area contributed by atoms with E-state index in [1.165, 1.54) is 4.68 Å². The first-order valence-electron chi connectivity index (χ1n) is 13.2. The third-order valence-corrected chi connectivity index (χ3v) is 8.69. The third kappa shape index (κ3) is 3.99. The van der Waals surface area contributed by atoms with Crippen LogP contribution in [0.2, 0.25) is 0 Å². The highest BCUT2D eigenvalue weighted by Crippen LogP contribution is 2.55. The number of ether oxygens (including phenoxy) is 1. The second kappa shape index (κ2) is 8.86. The average Bonchev–Trinajstić information content (AvgIpc) is 3.42. The number of benzene rings is 2. The van der Waals surface area contributed by atoms with E-state index in [2.05, 4.69) is 36.2 Å². The van der Waals surface area contributed by atoms with Gasteiger partial charge in [-0.3, -0.25) is 4.79 Å². The summed E-state index contributed by atoms with van der Waals surface area (Å²) in [6, 6.07) is 14.1. The van der Waals surface area contributed by atoms with Crippen molar-refractivity contribution < 1.29 is 22.7 Å². The quantitative estimate of drug-likeness (QED) is 0.443. The number of hydrogen-bond donors (Lipinski definition) is 1. The molecule has 0 bridgehead atoms. The first kappa shape index (κ1) is 25.0. The monoisotopic (exact) mass is 524 g/mol. The molecule has 1 aliphatic carbocycles. The van der Waals surface area contributed by atoms with Crippen LogP contribution >= 0.6 is 0 Å². The maximum absolute atomic E-state index is 13.8. The first-order valence-corrected chi connectivity index (χ1v) is 13.2. The molecule has 0 radical (unpaired) electrons. The number of para-hydroxylation sites is 1. The van der Waals surface area contributed by atoms with Crippen molar-refractivity contribution in [2.45, 2.75) is 75.7 Å². The number of nitrogens with one attached hydrogen (secondary N) is 1. The second-order valence-electron chi connectivity index (χ2n) is 11.0. The van der Waals surface area contributed by atoms with Gasteiger partial charge in [0.25, 0.3) is 0 Å². The zero-order chi connectivity index (χ0) is 26.8. The Morgan fingerprint density at radius 3 is 2.34 bits per heavy atom. The lowest BCUT2D eigenvalue weighted by molar-refractivity contribution is -0.141. The molecule has 200 valence electrons. The van der Waals surface area contributed by atoms with Crippen LogP contribution in [-0.2, 0) is 16.4 Å². The Morgan fingerprint density at radius 2 is 1.74 bits per heavy atom. The van der Waals surface area contributed by atoms with E-state index in [0.717, 1.165) is 30.9 Å². The van der Waals surface area contributed by atoms with E-state index in [4.69, 9.17) is 4.74 Å². The number of aromatic nitrogens is 2. The number of alkyl halides is 3. The summed E-state index contributed by atoms with van der Waals surface area (Å²) in [4.78, 5) is 15.5. The van der Waals surface area contributed by atoms with E-state index in [1.807, 2.05) is 6.07 Å². The molecule has 9 heteroatoms. The van der Waals surface area contributed by atoms with Gasteiger partial charge in [0.05, 0.1) is 22.5 Å². The SMILES string of the molecule is CC1CC(Oc2cc(-c3cc(C(F)(F)F)nn3-c3ccccc3)cc3c2NC(=O)C32CCC2)CC(C)N1C. The predicted molar refractivity (Wildman–Crippen MR) is 138 cm³/mol. The molecule has 1 saturated carbocycles. The number of piperidine rings is 1. The van der Waals surface area contributed by atoms with Crippen LogP contribution < -0.4 is 10.1 Å². The van der Waals surface area contributed by atoms with Gasteiger partial charge in [-0.2, -0.15) is 18.3 Å². The molecule has 1 spiro atoms. The second-order valence-corrected chi connectivity index (χ2v) is 11.0. The Labute approximate surface area is 219 Å². The molecule has 1 N–H and O–H groups in total. The number of halogens is 3. The summed E-state index contributed by atoms with van der Waals surface area (Å²) < 4.78 is 49.3. The lowest BCUT2D eigenvalue weighted by Crippen LogP contribution is -2.47. The molecule has 2 aromatic carbocycles. The first-order chi connectivity index (χ1) is 18.1. The van der Waals surface area contributed by atoms with Crippen molar-refractivity contribution in [3.63, 3.8) is 0 Å². The van der Waals surface area contributed by atoms with Gasteiger partial charge < -0.3 is 15.0 Å². The molecule has 1 amide bonds. The van der Waals surface area contributed by atoms with Crippen molar-refractivity contribution >= 4 is 11.6 Å². The topological polar surface area (TPSA) is 59.4 Å². The molecule has 6 nitrogen and oxygen atoms in total. The van der Waals surface area contributed by atoms with Gasteiger partial charge in [0, 0.05) is 17.6 Å². The number of amides is 1. The number of rotatable bonds is 4. The van der Waals surface area contributed by atoms with Crippen LogP contribution in [0.25, 0.3) is 16.9 Å². The zero-order valence-corrected chi connectivity index (χ0v) is 21.7. The fourth-order valence-corrected chi connectivity index (χ4v) is 6.14. The molecule has 3 aromatic rings. The van der Waals surface area contributed by atoms with E-state index in [1.54, 1.807) is 36.4 Å². The number of carbonyl (C=O) groups is 1. The van der Waals surface area contributed by atoms with Crippen LogP contribution in [0.3, 0.4) is 0 Å². The summed E-state index contributed by atoms with van der Waals surface area (Å²) in [6.07, 6.45) is -0.686. The van der Waals surface area contributed by atoms with Crippen LogP contribution in [0.1, 0.15) is 57.2 Å². The summed E-state index contributed by atoms with van der Waals surface area (Å²) in [6.45, 7) is 4.32. The Hall–Kier alpha value is -3.33. The number of likely N-dealkylation sites (tertiary alicyclic amines) is 1. The van der Waals surface area contributed by atoms with Gasteiger partial charge in [0.1, 0.15) is 11.9 Å². The number of carbonyl (C=O) groups excluding carboxylic acids is 1. The molecule has 1 aromatic heterocycles. The van der Waals surface area contributed by atoms with Gasteiger partial charge in [0.15, 0.2) is 5.69 Å². The highest BCUT2D eigenvalue weighted by Gasteiger charge is 2.52. The number of hydrogen-bond acceptors (Lipinski definition) is 4. The van der Waals surface area contributed by atoms with Gasteiger partial charge in [-0.15, -0.1) is 0 Å². The Bertz CT molecular complexity index is 1370. The highest BCUT2D eigenvalue weighted by molar-refractivity contribution is 6.09. The summed E-state index contributed by atoms with van der Waals surface area (Å²) >= 11 is 0. The van der Waals surface area contributed by atoms with Gasteiger partial charge in [-0.05, 0) is 82.5 Å². The largest absolute Gasteiger partial charge is 0.488 e. The number of anilines is 1. The molecule has 2 fully saturated rings. The van der Waals surface area contributed by atoms with Crippen LogP contribution in [0, 0.1) is 0 Å². The summed E-state index contributed by atoms with van der Waals surface area (Å²) in [5.74, 6) is 0.455. The smallest absolute Gasteiger partial charge is 0.435 e. The van der Waals surface area contributed by atoms with Gasteiger partial charge >= 0.3 is 6.18 Å². The minimum atomic E-state index is -4.60. The van der Waals surface area contributed by atoms with Crippen molar-refractivity contribution in [2.24, 2.45) is 0 Å². The minimum Gasteiger partial charge on any atom is -0.488 e. The maximum atomic E-state index is 13.8. The molecule has 2 atom stereocenters. The molecule has 2 unspecified atom stereocenters. The number of fused-ring (bicyclic) bond motifs is 2. The molecule has 3 aliphatic rings. The number of nitrogens with zero attached hydrogens (tertiary/aromatic N) is 3. The molecular weight excluding hydrogens is 493 g/mol. The fourth-order valence-electron chi connectivity index (χ4n) is 6.14. The Balaban J connectivity index is 1.50. The lowest BCUT2D eigenvalue weighted by atomic mass is 9.65. The van der Waals surface area contributed by atoms with Crippen LogP contribution in [0.4, 0.5) is 18.9 Å². The predicted octanol–water partition coefficient (Wildman–Crippen LogP) is 6.18. The standard InChI is InChI=1S/C29H31F3N4O2/c1-17-12-21(13-18(2)35(17)3)38-24-15-19(14-22-26(24)33-27(37)28(22)10-7-11-28)23-16-25(29(30,31)32)34-36(23)20-8-5-4-6-9-20/h4-6,8-9,14-18,21H,7,10-13H2,1-3H3,(H,33,37). The molecule has 3 heterocycles. The van der Waals surface area contributed by atoms with Crippen molar-refractivity contribution in [3.05, 3.63) is 59.8 Å². The van der Waals surface area contributed by atoms with Crippen LogP contribution in [0.15, 0.2) is 48.5 Å². The molecule has 1 saturated heterocycles. The third-order valence-electron chi connectivity index (χ3n) is 8.69. The molecule has 38 heavy (non-hydrogen) atoms. The Kier molecular flexibility index (Phi) is 5.83. The van der Waals surface area contributed by atoms with Gasteiger partial charge in [-0.25, -0.2) is 4.68 Å². The maximum Gasteiger partial charge on any atom is 0.435 e. The van der Waals surface area contributed by atoms with Crippen molar-refractivity contribution in [1.82, 2.24) is 14.7 Å². The van der Waals surface area contributed by atoms with E-state index in [-0.39, 0.29) is 12.0 Å². The summed E-state index contributed by atoms with van der Waals surface area (Å²) in [5.41, 5.74) is 1.21. The molecule has 2 aliphatic heterocycles. The minimum absolute atomic E-state index is 0.0570. The molecular formula is C29H31F3N4O2. The molecule has 6 rings (SSSR count).